The number of fused-ring (bicyclic) bond motifs is 4. The average molecular weight is 751 g/mol. The quantitative estimate of drug-likeness (QED) is 0.315. The molecule has 52 heavy (non-hydrogen) atoms. The van der Waals surface area contributed by atoms with Crippen LogP contribution < -0.4 is 14.4 Å². The van der Waals surface area contributed by atoms with Gasteiger partial charge >= 0.3 is 0 Å². The zero-order chi connectivity index (χ0) is 36.8. The zero-order valence-corrected chi connectivity index (χ0v) is 32.8. The lowest BCUT2D eigenvalue weighted by atomic mass is 9.63. The predicted molar refractivity (Wildman–Crippen MR) is 210 cm³/mol. The smallest absolute Gasteiger partial charge is 0.262 e. The number of amides is 2. The van der Waals surface area contributed by atoms with E-state index in [0.29, 0.717) is 31.1 Å². The number of carbonyl (C=O) groups is 2. The van der Waals surface area contributed by atoms with Crippen LogP contribution in [0, 0.1) is 17.8 Å². The Balaban J connectivity index is 1.28. The van der Waals surface area contributed by atoms with Crippen molar-refractivity contribution in [3.05, 3.63) is 70.3 Å². The SMILES string of the molecule is C=S1(=O)NC(=O)c2ccc3c(c2)N(C[C@@H]2CC[C@H]2[C@@](CCN2CCN(C)C(=O)C2)(OC)/C=C/C[C@H](C)[C@H]1C)C[C@@]1(CCCc2cc(Cl)ccc21)CO3. The summed E-state index contributed by atoms with van der Waals surface area (Å²) in [4.78, 5) is 32.9. The van der Waals surface area contributed by atoms with Crippen LogP contribution in [0.1, 0.15) is 73.9 Å². The van der Waals surface area contributed by atoms with E-state index in [-0.39, 0.29) is 34.3 Å². The summed E-state index contributed by atoms with van der Waals surface area (Å²) in [7, 11) is 0.727. The molecule has 2 bridgehead atoms. The topological polar surface area (TPSA) is 91.4 Å². The Bertz CT molecular complexity index is 1830. The lowest BCUT2D eigenvalue weighted by molar-refractivity contribution is -0.135. The summed E-state index contributed by atoms with van der Waals surface area (Å²) in [5.41, 5.74) is 3.12. The van der Waals surface area contributed by atoms with Gasteiger partial charge < -0.3 is 19.3 Å². The Morgan fingerprint density at radius 2 is 1.96 bits per heavy atom. The molecule has 1 spiro atoms. The molecule has 2 aliphatic carbocycles. The van der Waals surface area contributed by atoms with Crippen LogP contribution in [0.25, 0.3) is 0 Å². The summed E-state index contributed by atoms with van der Waals surface area (Å²) in [6, 6.07) is 11.9. The molecule has 7 rings (SSSR count). The number of ether oxygens (including phenoxy) is 2. The Hall–Kier alpha value is -3.05. The minimum Gasteiger partial charge on any atom is -0.490 e. The molecule has 1 saturated heterocycles. The van der Waals surface area contributed by atoms with Crippen molar-refractivity contribution in [1.82, 2.24) is 14.5 Å². The van der Waals surface area contributed by atoms with Gasteiger partial charge in [-0.3, -0.25) is 19.2 Å². The fourth-order valence-corrected chi connectivity index (χ4v) is 11.0. The van der Waals surface area contributed by atoms with Crippen molar-refractivity contribution in [3.8, 4) is 5.75 Å². The highest BCUT2D eigenvalue weighted by atomic mass is 35.5. The monoisotopic (exact) mass is 750 g/mol. The molecule has 5 aliphatic rings. The second kappa shape index (κ2) is 14.6. The van der Waals surface area contributed by atoms with Crippen LogP contribution in [-0.4, -0.2) is 103 Å². The molecule has 3 aliphatic heterocycles. The molecule has 2 amide bonds. The number of nitrogens with one attached hydrogen (secondary N) is 1. The number of hydrogen-bond acceptors (Lipinski definition) is 7. The van der Waals surface area contributed by atoms with Crippen LogP contribution in [0.2, 0.25) is 5.02 Å². The summed E-state index contributed by atoms with van der Waals surface area (Å²) in [5, 5.41) is 0.390. The highest BCUT2D eigenvalue weighted by Gasteiger charge is 2.49. The first-order valence-electron chi connectivity index (χ1n) is 19.0. The Morgan fingerprint density at radius 1 is 1.13 bits per heavy atom. The number of anilines is 1. The fourth-order valence-electron chi connectivity index (χ4n) is 9.37. The first-order valence-corrected chi connectivity index (χ1v) is 21.2. The molecular formula is C41H55ClN4O5S. The van der Waals surface area contributed by atoms with Crippen LogP contribution in [0.15, 0.2) is 48.6 Å². The minimum absolute atomic E-state index is 0.00293. The average Bonchev–Trinajstić information content (AvgIpc) is 3.26. The van der Waals surface area contributed by atoms with Crippen LogP contribution in [0.3, 0.4) is 0 Å². The number of carbonyl (C=O) groups excluding carboxylic acids is 2. The van der Waals surface area contributed by atoms with Crippen LogP contribution in [0.4, 0.5) is 5.69 Å². The number of nitrogens with zero attached hydrogens (tertiary/aromatic N) is 3. The van der Waals surface area contributed by atoms with E-state index in [1.54, 1.807) is 6.07 Å². The van der Waals surface area contributed by atoms with E-state index in [9.17, 15) is 13.8 Å². The number of hydrogen-bond donors (Lipinski definition) is 1. The first-order chi connectivity index (χ1) is 24.8. The highest BCUT2D eigenvalue weighted by molar-refractivity contribution is 7.99. The molecule has 0 radical (unpaired) electrons. The number of rotatable bonds is 4. The minimum atomic E-state index is -2.98. The summed E-state index contributed by atoms with van der Waals surface area (Å²) in [5.74, 6) is 5.15. The van der Waals surface area contributed by atoms with E-state index in [0.717, 1.165) is 87.7 Å². The van der Waals surface area contributed by atoms with Crippen molar-refractivity contribution in [2.24, 2.45) is 17.8 Å². The van der Waals surface area contributed by atoms with Crippen molar-refractivity contribution in [2.45, 2.75) is 75.1 Å². The number of likely N-dealkylation sites (N-methyl/N-ethyl adjacent to an activating group) is 1. The van der Waals surface area contributed by atoms with Gasteiger partial charge in [0.25, 0.3) is 5.91 Å². The number of allylic oxidation sites excluding steroid dienone is 1. The van der Waals surface area contributed by atoms with Crippen molar-refractivity contribution in [3.63, 3.8) is 0 Å². The van der Waals surface area contributed by atoms with Gasteiger partial charge in [-0.2, -0.15) is 0 Å². The van der Waals surface area contributed by atoms with Gasteiger partial charge in [-0.05, 0) is 117 Å². The van der Waals surface area contributed by atoms with Gasteiger partial charge in [0.15, 0.2) is 0 Å². The lowest BCUT2D eigenvalue weighted by Crippen LogP contribution is -2.55. The van der Waals surface area contributed by atoms with Gasteiger partial charge in [-0.25, -0.2) is 4.21 Å². The third-order valence-corrected chi connectivity index (χ3v) is 15.5. The molecule has 3 heterocycles. The van der Waals surface area contributed by atoms with Crippen molar-refractivity contribution >= 4 is 44.7 Å². The molecule has 1 unspecified atom stereocenters. The predicted octanol–water partition coefficient (Wildman–Crippen LogP) is 5.73. The zero-order valence-electron chi connectivity index (χ0n) is 31.2. The number of halogens is 1. The van der Waals surface area contributed by atoms with Crippen LogP contribution in [0.5, 0.6) is 5.75 Å². The second-order valence-corrected chi connectivity index (χ2v) is 19.0. The summed E-state index contributed by atoms with van der Waals surface area (Å²) in [6.07, 6.45) is 11.0. The van der Waals surface area contributed by atoms with E-state index in [4.69, 9.17) is 21.1 Å². The Kier molecular flexibility index (Phi) is 10.5. The maximum atomic E-state index is 14.0. The highest BCUT2D eigenvalue weighted by Crippen LogP contribution is 2.50. The van der Waals surface area contributed by atoms with E-state index in [2.05, 4.69) is 51.6 Å². The molecule has 11 heteroatoms. The molecule has 9 nitrogen and oxygen atoms in total. The molecule has 2 fully saturated rings. The number of benzene rings is 2. The summed E-state index contributed by atoms with van der Waals surface area (Å²) >= 11 is 6.50. The second-order valence-electron chi connectivity index (χ2n) is 16.2. The molecule has 7 atom stereocenters. The van der Waals surface area contributed by atoms with Gasteiger partial charge in [0.05, 0.1) is 34.1 Å². The van der Waals surface area contributed by atoms with E-state index in [1.165, 1.54) is 11.1 Å². The van der Waals surface area contributed by atoms with E-state index in [1.807, 2.05) is 44.2 Å². The third-order valence-electron chi connectivity index (χ3n) is 13.1. The molecular weight excluding hydrogens is 696 g/mol. The number of methoxy groups -OCH3 is 1. The fraction of sp³-hybridized carbons (Fsp3) is 0.585. The van der Waals surface area contributed by atoms with Gasteiger partial charge in [-0.1, -0.05) is 36.7 Å². The Labute approximate surface area is 315 Å². The summed E-state index contributed by atoms with van der Waals surface area (Å²) < 4.78 is 30.2. The summed E-state index contributed by atoms with van der Waals surface area (Å²) in [6.45, 7) is 8.79. The number of piperazine rings is 1. The molecule has 282 valence electrons. The van der Waals surface area contributed by atoms with Gasteiger partial charge in [0.2, 0.25) is 5.91 Å². The van der Waals surface area contributed by atoms with Crippen molar-refractivity contribution in [1.29, 1.82) is 0 Å². The normalized spacial score (nSPS) is 34.7. The maximum absolute atomic E-state index is 14.0. The Morgan fingerprint density at radius 3 is 2.71 bits per heavy atom. The van der Waals surface area contributed by atoms with Crippen molar-refractivity contribution in [2.75, 3.05) is 64.9 Å². The molecule has 1 saturated carbocycles. The lowest BCUT2D eigenvalue weighted by Gasteiger charge is -2.51. The molecule has 1 N–H and O–H groups in total. The molecule has 0 aromatic heterocycles. The maximum Gasteiger partial charge on any atom is 0.262 e. The molecule has 2 aromatic rings. The van der Waals surface area contributed by atoms with Crippen LogP contribution in [-0.2, 0) is 31.1 Å². The van der Waals surface area contributed by atoms with Crippen LogP contribution >= 0.6 is 11.6 Å². The third kappa shape index (κ3) is 7.13. The van der Waals surface area contributed by atoms with E-state index < -0.39 is 15.3 Å². The van der Waals surface area contributed by atoms with E-state index >= 15 is 0 Å². The molecule has 2 aromatic carbocycles. The largest absolute Gasteiger partial charge is 0.490 e. The van der Waals surface area contributed by atoms with Gasteiger partial charge in [0.1, 0.15) is 5.75 Å². The van der Waals surface area contributed by atoms with Gasteiger partial charge in [0, 0.05) is 68.1 Å². The van der Waals surface area contributed by atoms with Gasteiger partial charge in [-0.15, -0.1) is 0 Å². The first kappa shape index (κ1) is 37.3. The van der Waals surface area contributed by atoms with Crippen molar-refractivity contribution < 1.29 is 23.3 Å². The standard InChI is InChI=1S/C41H55ClN4O5S/c1-28-8-6-17-41(50-4,18-19-45-21-20-44(3)38(47)25-45)35-13-10-32(35)24-46-26-40(16-7-9-30-22-33(42)12-14-34(30)40)27-51-37-15-11-31(23-36(37)46)39(48)43-52(5,49)29(28)2/h6,11-12,14-15,17,22-23,28-29,32,35H,5,7-10,13,16,18-21,24-27H2,1-4H3,(H,43,48,49)/b17-6+/t28-,29+,32-,35+,40-,41+,52?/m0/s1. The number of aryl methyl sites for hydroxylation is 1.